The number of aliphatic imine (C=N–C) groups is 1. The van der Waals surface area contributed by atoms with Gasteiger partial charge in [-0.2, -0.15) is 0 Å². The molecule has 0 aromatic carbocycles. The number of amidine groups is 1. The van der Waals surface area contributed by atoms with Gasteiger partial charge in [-0.05, 0) is 0 Å². The predicted molar refractivity (Wildman–Crippen MR) is 37.4 cm³/mol. The van der Waals surface area contributed by atoms with Gasteiger partial charge in [-0.15, -0.1) is 0 Å². The summed E-state index contributed by atoms with van der Waals surface area (Å²) in [6, 6.07) is 0. The molecular formula is C6H12N2O. The highest BCUT2D eigenvalue weighted by Gasteiger charge is 2.09. The zero-order valence-electron chi connectivity index (χ0n) is 6.01. The van der Waals surface area contributed by atoms with E-state index in [-0.39, 0.29) is 17.5 Å². The maximum Gasteiger partial charge on any atom is 0.199 e. The van der Waals surface area contributed by atoms with E-state index in [1.807, 2.05) is 0 Å². The first kappa shape index (κ1) is 8.14. The van der Waals surface area contributed by atoms with Gasteiger partial charge in [0.05, 0.1) is 0 Å². The standard InChI is InChI=1S/C6H12N2O/c1-4(2)5(9)6(7)8-3/h4H,1-3H3,(H2,7,8). The molecule has 2 N–H and O–H groups in total. The second-order valence-electron chi connectivity index (χ2n) is 2.13. The number of hydrogen-bond donors (Lipinski definition) is 1. The third-order valence-electron chi connectivity index (χ3n) is 1.02. The Bertz CT molecular complexity index is 138. The van der Waals surface area contributed by atoms with E-state index in [1.54, 1.807) is 13.8 Å². The molecule has 3 nitrogen and oxygen atoms in total. The Morgan fingerprint density at radius 2 is 2.00 bits per heavy atom. The predicted octanol–water partition coefficient (Wildman–Crippen LogP) is 0.198. The van der Waals surface area contributed by atoms with E-state index >= 15 is 0 Å². The lowest BCUT2D eigenvalue weighted by atomic mass is 10.1. The van der Waals surface area contributed by atoms with E-state index in [0.717, 1.165) is 0 Å². The van der Waals surface area contributed by atoms with Gasteiger partial charge < -0.3 is 5.73 Å². The summed E-state index contributed by atoms with van der Waals surface area (Å²) in [6.07, 6.45) is 0. The number of carbonyl (C=O) groups excluding carboxylic acids is 1. The molecule has 3 heteroatoms. The van der Waals surface area contributed by atoms with Gasteiger partial charge in [0.25, 0.3) is 0 Å². The summed E-state index contributed by atoms with van der Waals surface area (Å²) >= 11 is 0. The molecule has 0 saturated heterocycles. The van der Waals surface area contributed by atoms with Crippen LogP contribution in [0.5, 0.6) is 0 Å². The molecule has 0 heterocycles. The molecule has 0 spiro atoms. The van der Waals surface area contributed by atoms with Crippen molar-refractivity contribution in [2.45, 2.75) is 13.8 Å². The molecule has 0 rings (SSSR count). The molecule has 0 aliphatic heterocycles. The second kappa shape index (κ2) is 3.22. The van der Waals surface area contributed by atoms with Crippen LogP contribution in [0.3, 0.4) is 0 Å². The van der Waals surface area contributed by atoms with Gasteiger partial charge in [-0.1, -0.05) is 13.8 Å². The van der Waals surface area contributed by atoms with Gasteiger partial charge >= 0.3 is 0 Å². The van der Waals surface area contributed by atoms with Crippen LogP contribution < -0.4 is 5.73 Å². The fourth-order valence-corrected chi connectivity index (χ4v) is 0.406. The highest BCUT2D eigenvalue weighted by atomic mass is 16.1. The van der Waals surface area contributed by atoms with Gasteiger partial charge in [-0.25, -0.2) is 0 Å². The fourth-order valence-electron chi connectivity index (χ4n) is 0.406. The Kier molecular flexibility index (Phi) is 2.91. The lowest BCUT2D eigenvalue weighted by Gasteiger charge is -1.99. The van der Waals surface area contributed by atoms with Crippen LogP contribution >= 0.6 is 0 Å². The van der Waals surface area contributed by atoms with E-state index in [4.69, 9.17) is 5.73 Å². The Balaban J connectivity index is 4.06. The zero-order chi connectivity index (χ0) is 7.44. The second-order valence-corrected chi connectivity index (χ2v) is 2.13. The van der Waals surface area contributed by atoms with Crippen molar-refractivity contribution in [1.82, 2.24) is 0 Å². The normalized spacial score (nSPS) is 12.2. The van der Waals surface area contributed by atoms with Gasteiger partial charge in [0.1, 0.15) is 0 Å². The molecular weight excluding hydrogens is 116 g/mol. The minimum absolute atomic E-state index is 0.0475. The Hall–Kier alpha value is -0.860. The van der Waals surface area contributed by atoms with Crippen LogP contribution in [0.25, 0.3) is 0 Å². The van der Waals surface area contributed by atoms with E-state index in [0.29, 0.717) is 0 Å². The topological polar surface area (TPSA) is 55.4 Å². The molecule has 52 valence electrons. The first-order chi connectivity index (χ1) is 4.09. The SMILES string of the molecule is CN=C(N)C(=O)C(C)C. The van der Waals surface area contributed by atoms with Crippen molar-refractivity contribution in [3.63, 3.8) is 0 Å². The first-order valence-corrected chi connectivity index (χ1v) is 2.86. The van der Waals surface area contributed by atoms with Gasteiger partial charge in [-0.3, -0.25) is 9.79 Å². The van der Waals surface area contributed by atoms with Crippen molar-refractivity contribution in [1.29, 1.82) is 0 Å². The summed E-state index contributed by atoms with van der Waals surface area (Å²) in [5, 5.41) is 0. The van der Waals surface area contributed by atoms with Crippen LogP contribution in [0.15, 0.2) is 4.99 Å². The number of ketones is 1. The number of nitrogens with zero attached hydrogens (tertiary/aromatic N) is 1. The summed E-state index contributed by atoms with van der Waals surface area (Å²) in [6.45, 7) is 3.58. The summed E-state index contributed by atoms with van der Waals surface area (Å²) in [5.41, 5.74) is 5.22. The molecule has 9 heavy (non-hydrogen) atoms. The summed E-state index contributed by atoms with van der Waals surface area (Å²) in [5.74, 6) is -0.0174. The van der Waals surface area contributed by atoms with Crippen LogP contribution in [-0.4, -0.2) is 18.7 Å². The van der Waals surface area contributed by atoms with Crippen molar-refractivity contribution < 1.29 is 4.79 Å². The minimum atomic E-state index is -0.0856. The molecule has 0 fully saturated rings. The Morgan fingerprint density at radius 1 is 1.56 bits per heavy atom. The highest BCUT2D eigenvalue weighted by Crippen LogP contribution is 1.92. The van der Waals surface area contributed by atoms with Crippen LogP contribution in [0, 0.1) is 5.92 Å². The van der Waals surface area contributed by atoms with Crippen molar-refractivity contribution in [2.75, 3.05) is 7.05 Å². The molecule has 0 unspecified atom stereocenters. The maximum absolute atomic E-state index is 10.8. The quantitative estimate of drug-likeness (QED) is 0.426. The molecule has 0 aromatic rings. The van der Waals surface area contributed by atoms with Crippen molar-refractivity contribution in [3.8, 4) is 0 Å². The molecule has 0 aliphatic carbocycles. The average molecular weight is 128 g/mol. The molecule has 0 amide bonds. The van der Waals surface area contributed by atoms with Crippen molar-refractivity contribution >= 4 is 11.6 Å². The van der Waals surface area contributed by atoms with Gasteiger partial charge in [0.2, 0.25) is 0 Å². The van der Waals surface area contributed by atoms with E-state index in [2.05, 4.69) is 4.99 Å². The van der Waals surface area contributed by atoms with Crippen LogP contribution in [0.1, 0.15) is 13.8 Å². The summed E-state index contributed by atoms with van der Waals surface area (Å²) < 4.78 is 0. The largest absolute Gasteiger partial charge is 0.381 e. The molecule has 0 radical (unpaired) electrons. The van der Waals surface area contributed by atoms with Crippen LogP contribution in [0.2, 0.25) is 0 Å². The number of nitrogens with two attached hydrogens (primary N) is 1. The van der Waals surface area contributed by atoms with Crippen LogP contribution in [-0.2, 0) is 4.79 Å². The molecule has 0 atom stereocenters. The number of Topliss-reactive ketones (excluding diaryl/α,β-unsaturated/α-hetero) is 1. The first-order valence-electron chi connectivity index (χ1n) is 2.86. The maximum atomic E-state index is 10.8. The lowest BCUT2D eigenvalue weighted by Crippen LogP contribution is -2.27. The summed E-state index contributed by atoms with van der Waals surface area (Å²) in [4.78, 5) is 14.4. The summed E-state index contributed by atoms with van der Waals surface area (Å²) in [7, 11) is 1.51. The van der Waals surface area contributed by atoms with Crippen LogP contribution in [0.4, 0.5) is 0 Å². The average Bonchev–Trinajstić information content (AvgIpc) is 1.84. The number of hydrogen-bond acceptors (Lipinski definition) is 2. The fraction of sp³-hybridized carbons (Fsp3) is 0.667. The molecule has 0 aromatic heterocycles. The molecule has 0 aliphatic rings. The number of rotatable bonds is 2. The van der Waals surface area contributed by atoms with Crippen molar-refractivity contribution in [3.05, 3.63) is 0 Å². The Morgan fingerprint density at radius 3 is 2.11 bits per heavy atom. The van der Waals surface area contributed by atoms with E-state index < -0.39 is 0 Å². The van der Waals surface area contributed by atoms with Crippen molar-refractivity contribution in [2.24, 2.45) is 16.6 Å². The lowest BCUT2D eigenvalue weighted by molar-refractivity contribution is -0.115. The zero-order valence-corrected chi connectivity index (χ0v) is 6.01. The third-order valence-corrected chi connectivity index (χ3v) is 1.02. The minimum Gasteiger partial charge on any atom is -0.381 e. The van der Waals surface area contributed by atoms with Gasteiger partial charge in [0.15, 0.2) is 11.6 Å². The molecule has 0 saturated carbocycles. The smallest absolute Gasteiger partial charge is 0.199 e. The van der Waals surface area contributed by atoms with E-state index in [9.17, 15) is 4.79 Å². The van der Waals surface area contributed by atoms with Gasteiger partial charge in [0, 0.05) is 13.0 Å². The van der Waals surface area contributed by atoms with E-state index in [1.165, 1.54) is 7.05 Å². The third kappa shape index (κ3) is 2.26. The Labute approximate surface area is 55.0 Å². The monoisotopic (exact) mass is 128 g/mol. The number of carbonyl (C=O) groups is 1. The highest BCUT2D eigenvalue weighted by molar-refractivity contribution is 6.38. The molecule has 0 bridgehead atoms.